The number of piperazine rings is 1. The molecular weight excluding hydrogens is 413 g/mol. The molecule has 8 nitrogen and oxygen atoms in total. The minimum absolute atomic E-state index is 0.0944. The van der Waals surface area contributed by atoms with Gasteiger partial charge in [-0.05, 0) is 48.0 Å². The van der Waals surface area contributed by atoms with Gasteiger partial charge in [-0.2, -0.15) is 0 Å². The summed E-state index contributed by atoms with van der Waals surface area (Å²) in [6.45, 7) is 3.04. The van der Waals surface area contributed by atoms with Gasteiger partial charge in [-0.25, -0.2) is 9.37 Å². The molecule has 0 unspecified atom stereocenters. The Morgan fingerprint density at radius 1 is 1.16 bits per heavy atom. The Morgan fingerprint density at radius 2 is 1.91 bits per heavy atom. The fraction of sp³-hybridized carbons (Fsp3) is 0.261. The van der Waals surface area contributed by atoms with Crippen molar-refractivity contribution in [2.75, 3.05) is 33.2 Å². The highest BCUT2D eigenvalue weighted by Crippen LogP contribution is 2.20. The number of benzene rings is 1. The van der Waals surface area contributed by atoms with E-state index in [1.165, 1.54) is 18.4 Å². The number of hydrogen-bond donors (Lipinski definition) is 1. The first-order valence-corrected chi connectivity index (χ1v) is 10.3. The molecule has 0 spiro atoms. The molecule has 0 atom stereocenters. The number of amides is 1. The minimum Gasteiger partial charge on any atom is -0.459 e. The molecule has 0 bridgehead atoms. The first-order chi connectivity index (χ1) is 15.6. The average Bonchev–Trinajstić information content (AvgIpc) is 3.36. The number of pyridine rings is 1. The van der Waals surface area contributed by atoms with Crippen molar-refractivity contribution in [1.29, 1.82) is 0 Å². The van der Waals surface area contributed by atoms with E-state index >= 15 is 0 Å². The lowest BCUT2D eigenvalue weighted by atomic mass is 10.2. The first-order valence-electron chi connectivity index (χ1n) is 10.3. The summed E-state index contributed by atoms with van der Waals surface area (Å²) >= 11 is 0. The molecule has 1 aliphatic rings. The second kappa shape index (κ2) is 9.95. The highest BCUT2D eigenvalue weighted by molar-refractivity contribution is 5.91. The van der Waals surface area contributed by atoms with Gasteiger partial charge in [0.2, 0.25) is 5.88 Å². The highest BCUT2D eigenvalue weighted by Gasteiger charge is 2.25. The number of carbonyl (C=O) groups excluding carboxylic acids is 1. The van der Waals surface area contributed by atoms with Gasteiger partial charge in [-0.3, -0.25) is 9.79 Å². The molecule has 32 heavy (non-hydrogen) atoms. The van der Waals surface area contributed by atoms with Crippen molar-refractivity contribution in [2.24, 2.45) is 4.99 Å². The van der Waals surface area contributed by atoms with Gasteiger partial charge in [0, 0.05) is 52.0 Å². The number of aromatic nitrogens is 1. The number of carbonyl (C=O) groups is 1. The van der Waals surface area contributed by atoms with Gasteiger partial charge in [0.15, 0.2) is 11.7 Å². The quantitative estimate of drug-likeness (QED) is 0.488. The third kappa shape index (κ3) is 5.23. The zero-order valence-corrected chi connectivity index (χ0v) is 17.7. The maximum atomic E-state index is 13.1. The van der Waals surface area contributed by atoms with Crippen LogP contribution in [0.2, 0.25) is 0 Å². The van der Waals surface area contributed by atoms with Gasteiger partial charge < -0.3 is 24.3 Å². The molecule has 0 saturated carbocycles. The highest BCUT2D eigenvalue weighted by atomic mass is 19.1. The number of furan rings is 1. The summed E-state index contributed by atoms with van der Waals surface area (Å²) in [5.41, 5.74) is 0.963. The summed E-state index contributed by atoms with van der Waals surface area (Å²) in [5, 5.41) is 3.35. The van der Waals surface area contributed by atoms with Crippen LogP contribution in [0.25, 0.3) is 0 Å². The lowest BCUT2D eigenvalue weighted by Crippen LogP contribution is -2.53. The van der Waals surface area contributed by atoms with E-state index in [0.29, 0.717) is 50.1 Å². The Kier molecular flexibility index (Phi) is 6.64. The number of ether oxygens (including phenoxy) is 1. The van der Waals surface area contributed by atoms with E-state index in [9.17, 15) is 9.18 Å². The molecule has 1 aromatic carbocycles. The Balaban J connectivity index is 1.30. The van der Waals surface area contributed by atoms with Gasteiger partial charge in [-0.15, -0.1) is 0 Å². The standard InChI is InChI=1S/C23H24FN5O3/c1-25-23(29-12-10-28(11-13-29)22(30)20-3-2-14-31-20)27-16-17-8-9-26-21(15-17)32-19-6-4-18(24)5-7-19/h2-9,14-15H,10-13,16H2,1H3,(H,25,27). The van der Waals surface area contributed by atoms with E-state index in [1.807, 2.05) is 12.1 Å². The fourth-order valence-corrected chi connectivity index (χ4v) is 3.43. The van der Waals surface area contributed by atoms with Crippen molar-refractivity contribution in [3.63, 3.8) is 0 Å². The summed E-state index contributed by atoms with van der Waals surface area (Å²) in [5.74, 6) is 1.65. The average molecular weight is 437 g/mol. The van der Waals surface area contributed by atoms with Gasteiger partial charge in [-0.1, -0.05) is 0 Å². The van der Waals surface area contributed by atoms with Crippen LogP contribution in [-0.4, -0.2) is 59.9 Å². The number of hydrogen-bond acceptors (Lipinski definition) is 5. The van der Waals surface area contributed by atoms with Crippen LogP contribution in [0.4, 0.5) is 4.39 Å². The van der Waals surface area contributed by atoms with Crippen LogP contribution >= 0.6 is 0 Å². The van der Waals surface area contributed by atoms with Crippen LogP contribution in [0, 0.1) is 5.82 Å². The number of halogens is 1. The SMILES string of the molecule is CN=C(NCc1ccnc(Oc2ccc(F)cc2)c1)N1CCN(C(=O)c2ccco2)CC1. The maximum absolute atomic E-state index is 13.1. The molecule has 1 aliphatic heterocycles. The van der Waals surface area contributed by atoms with Gasteiger partial charge in [0.1, 0.15) is 11.6 Å². The monoisotopic (exact) mass is 437 g/mol. The topological polar surface area (TPSA) is 83.2 Å². The Labute approximate surface area is 185 Å². The molecule has 3 aromatic rings. The van der Waals surface area contributed by atoms with Crippen molar-refractivity contribution >= 4 is 11.9 Å². The molecule has 2 aromatic heterocycles. The molecule has 166 valence electrons. The van der Waals surface area contributed by atoms with E-state index in [4.69, 9.17) is 9.15 Å². The Hall–Kier alpha value is -3.88. The molecule has 1 fully saturated rings. The predicted octanol–water partition coefficient (Wildman–Crippen LogP) is 3.14. The summed E-state index contributed by atoms with van der Waals surface area (Å²) in [4.78, 5) is 24.9. The van der Waals surface area contributed by atoms with Gasteiger partial charge in [0.25, 0.3) is 5.91 Å². The van der Waals surface area contributed by atoms with Crippen LogP contribution < -0.4 is 10.1 Å². The van der Waals surface area contributed by atoms with Crippen molar-refractivity contribution in [1.82, 2.24) is 20.1 Å². The van der Waals surface area contributed by atoms with Crippen molar-refractivity contribution in [3.05, 3.63) is 78.1 Å². The summed E-state index contributed by atoms with van der Waals surface area (Å²) in [6.07, 6.45) is 3.17. The second-order valence-corrected chi connectivity index (χ2v) is 7.22. The van der Waals surface area contributed by atoms with Crippen LogP contribution in [0.3, 0.4) is 0 Å². The number of nitrogens with one attached hydrogen (secondary N) is 1. The normalized spacial score (nSPS) is 14.4. The first kappa shape index (κ1) is 21.4. The van der Waals surface area contributed by atoms with E-state index < -0.39 is 0 Å². The predicted molar refractivity (Wildman–Crippen MR) is 117 cm³/mol. The smallest absolute Gasteiger partial charge is 0.289 e. The maximum Gasteiger partial charge on any atom is 0.289 e. The van der Waals surface area contributed by atoms with Crippen molar-refractivity contribution in [3.8, 4) is 11.6 Å². The zero-order valence-electron chi connectivity index (χ0n) is 17.7. The van der Waals surface area contributed by atoms with E-state index in [0.717, 1.165) is 11.5 Å². The van der Waals surface area contributed by atoms with Crippen LogP contribution in [0.5, 0.6) is 11.6 Å². The molecule has 1 N–H and O–H groups in total. The molecule has 1 amide bonds. The molecular formula is C23H24FN5O3. The molecule has 1 saturated heterocycles. The van der Waals surface area contributed by atoms with Crippen LogP contribution in [0.15, 0.2) is 70.4 Å². The lowest BCUT2D eigenvalue weighted by molar-refractivity contribution is 0.0657. The third-order valence-electron chi connectivity index (χ3n) is 5.10. The minimum atomic E-state index is -0.319. The lowest BCUT2D eigenvalue weighted by Gasteiger charge is -2.36. The van der Waals surface area contributed by atoms with Crippen LogP contribution in [0.1, 0.15) is 16.1 Å². The molecule has 0 aliphatic carbocycles. The fourth-order valence-electron chi connectivity index (χ4n) is 3.43. The number of aliphatic imine (C=N–C) groups is 1. The largest absolute Gasteiger partial charge is 0.459 e. The van der Waals surface area contributed by atoms with Crippen LogP contribution in [-0.2, 0) is 6.54 Å². The third-order valence-corrected chi connectivity index (χ3v) is 5.10. The van der Waals surface area contributed by atoms with Gasteiger partial charge in [0.05, 0.1) is 6.26 Å². The molecule has 3 heterocycles. The van der Waals surface area contributed by atoms with Gasteiger partial charge >= 0.3 is 0 Å². The Bertz CT molecular complexity index is 1060. The summed E-state index contributed by atoms with van der Waals surface area (Å²) in [7, 11) is 1.73. The van der Waals surface area contributed by atoms with E-state index in [-0.39, 0.29) is 11.7 Å². The van der Waals surface area contributed by atoms with Crippen molar-refractivity contribution in [2.45, 2.75) is 6.54 Å². The molecule has 0 radical (unpaired) electrons. The number of nitrogens with zero attached hydrogens (tertiary/aromatic N) is 4. The Morgan fingerprint density at radius 3 is 2.59 bits per heavy atom. The zero-order chi connectivity index (χ0) is 22.3. The number of rotatable bonds is 5. The molecule has 9 heteroatoms. The van der Waals surface area contributed by atoms with Crippen molar-refractivity contribution < 1.29 is 18.3 Å². The second-order valence-electron chi connectivity index (χ2n) is 7.22. The van der Waals surface area contributed by atoms with E-state index in [2.05, 4.69) is 20.2 Å². The summed E-state index contributed by atoms with van der Waals surface area (Å²) < 4.78 is 24.0. The summed E-state index contributed by atoms with van der Waals surface area (Å²) in [6, 6.07) is 12.9. The van der Waals surface area contributed by atoms with E-state index in [1.54, 1.807) is 42.4 Å². The number of guanidine groups is 1. The molecule has 4 rings (SSSR count).